The molecule has 1 aromatic rings. The fraction of sp³-hybridized carbons (Fsp3) is 0.538. The first-order chi connectivity index (χ1) is 9.34. The Morgan fingerprint density at radius 3 is 2.55 bits per heavy atom. The van der Waals surface area contributed by atoms with E-state index in [0.717, 1.165) is 0 Å². The summed E-state index contributed by atoms with van der Waals surface area (Å²) in [5, 5.41) is 8.91. The number of nitrogen functional groups attached to an aromatic ring is 1. The number of ether oxygens (including phenoxy) is 1. The van der Waals surface area contributed by atoms with Crippen molar-refractivity contribution in [3.8, 4) is 5.75 Å². The molecule has 0 radical (unpaired) electrons. The Morgan fingerprint density at radius 2 is 2.05 bits per heavy atom. The average Bonchev–Trinajstić information content (AvgIpc) is 2.37. The van der Waals surface area contributed by atoms with Crippen molar-refractivity contribution < 1.29 is 18.3 Å². The molecule has 0 amide bonds. The molecule has 0 unspecified atom stereocenters. The van der Waals surface area contributed by atoms with Crippen LogP contribution in [0.1, 0.15) is 20.3 Å². The van der Waals surface area contributed by atoms with Gasteiger partial charge >= 0.3 is 0 Å². The fourth-order valence-electron chi connectivity index (χ4n) is 1.91. The number of hydrogen-bond donors (Lipinski definition) is 2. The number of nitrogens with zero attached hydrogens (tertiary/aromatic N) is 1. The quantitative estimate of drug-likeness (QED) is 0.735. The molecule has 0 saturated carbocycles. The highest BCUT2D eigenvalue weighted by atomic mass is 32.2. The van der Waals surface area contributed by atoms with Crippen molar-refractivity contribution in [3.05, 3.63) is 18.2 Å². The van der Waals surface area contributed by atoms with Gasteiger partial charge in [0.1, 0.15) is 10.6 Å². The van der Waals surface area contributed by atoms with Crippen LogP contribution in [-0.2, 0) is 10.0 Å². The summed E-state index contributed by atoms with van der Waals surface area (Å²) >= 11 is 0. The molecule has 0 aromatic heterocycles. The highest BCUT2D eigenvalue weighted by Gasteiger charge is 2.29. The Balaban J connectivity index is 3.25. The Kier molecular flexibility index (Phi) is 5.79. The molecular formula is C13H22N2O4S. The third kappa shape index (κ3) is 3.62. The molecule has 0 heterocycles. The van der Waals surface area contributed by atoms with Crippen LogP contribution in [0.2, 0.25) is 0 Å². The molecule has 20 heavy (non-hydrogen) atoms. The predicted octanol–water partition coefficient (Wildman–Crippen LogP) is 1.06. The number of sulfonamides is 1. The van der Waals surface area contributed by atoms with E-state index in [2.05, 4.69) is 0 Å². The van der Waals surface area contributed by atoms with Gasteiger partial charge in [-0.3, -0.25) is 0 Å². The Morgan fingerprint density at radius 1 is 1.40 bits per heavy atom. The van der Waals surface area contributed by atoms with Gasteiger partial charge in [0, 0.05) is 30.9 Å². The molecule has 7 heteroatoms. The summed E-state index contributed by atoms with van der Waals surface area (Å²) in [7, 11) is -2.29. The zero-order chi connectivity index (χ0) is 15.3. The van der Waals surface area contributed by atoms with Crippen molar-refractivity contribution in [2.45, 2.75) is 31.2 Å². The van der Waals surface area contributed by atoms with Gasteiger partial charge in [-0.2, -0.15) is 4.31 Å². The molecule has 1 aromatic carbocycles. The number of aliphatic hydroxyl groups excluding tert-OH is 1. The molecule has 0 spiro atoms. The molecule has 0 aliphatic rings. The number of anilines is 1. The van der Waals surface area contributed by atoms with E-state index in [4.69, 9.17) is 15.6 Å². The van der Waals surface area contributed by atoms with E-state index >= 15 is 0 Å². The zero-order valence-electron chi connectivity index (χ0n) is 12.0. The molecule has 0 aliphatic heterocycles. The van der Waals surface area contributed by atoms with Gasteiger partial charge in [-0.05, 0) is 32.4 Å². The summed E-state index contributed by atoms with van der Waals surface area (Å²) in [6, 6.07) is 4.24. The monoisotopic (exact) mass is 302 g/mol. The van der Waals surface area contributed by atoms with Crippen molar-refractivity contribution in [1.82, 2.24) is 4.31 Å². The Bertz CT molecular complexity index is 543. The second-order valence-electron chi connectivity index (χ2n) is 4.70. The largest absolute Gasteiger partial charge is 0.495 e. The summed E-state index contributed by atoms with van der Waals surface area (Å²) in [5.74, 6) is 0.222. The van der Waals surface area contributed by atoms with Crippen molar-refractivity contribution in [2.75, 3.05) is 26.0 Å². The van der Waals surface area contributed by atoms with Crippen LogP contribution >= 0.6 is 0 Å². The van der Waals surface area contributed by atoms with Crippen LogP contribution in [0.15, 0.2) is 23.1 Å². The van der Waals surface area contributed by atoms with Crippen molar-refractivity contribution >= 4 is 15.7 Å². The van der Waals surface area contributed by atoms with Crippen molar-refractivity contribution in [1.29, 1.82) is 0 Å². The van der Waals surface area contributed by atoms with Gasteiger partial charge < -0.3 is 15.6 Å². The zero-order valence-corrected chi connectivity index (χ0v) is 12.9. The standard InChI is InChI=1S/C13H22N2O4S/c1-10(2)15(7-4-8-16)20(17,18)13-6-5-11(14)9-12(13)19-3/h5-6,9-10,16H,4,7-8,14H2,1-3H3. The summed E-state index contributed by atoms with van der Waals surface area (Å²) < 4.78 is 31.8. The molecule has 0 bridgehead atoms. The maximum atomic E-state index is 12.7. The summed E-state index contributed by atoms with van der Waals surface area (Å²) in [5.41, 5.74) is 6.08. The van der Waals surface area contributed by atoms with Gasteiger partial charge in [0.25, 0.3) is 0 Å². The van der Waals surface area contributed by atoms with Gasteiger partial charge in [0.05, 0.1) is 7.11 Å². The highest BCUT2D eigenvalue weighted by molar-refractivity contribution is 7.89. The first kappa shape index (κ1) is 16.7. The van der Waals surface area contributed by atoms with Crippen LogP contribution in [0, 0.1) is 0 Å². The van der Waals surface area contributed by atoms with E-state index in [0.29, 0.717) is 12.1 Å². The number of benzene rings is 1. The normalized spacial score (nSPS) is 12.1. The lowest BCUT2D eigenvalue weighted by atomic mass is 10.3. The van der Waals surface area contributed by atoms with Crippen LogP contribution in [0.25, 0.3) is 0 Å². The molecule has 0 atom stereocenters. The minimum absolute atomic E-state index is 0.0579. The average molecular weight is 302 g/mol. The van der Waals surface area contributed by atoms with Crippen molar-refractivity contribution in [3.63, 3.8) is 0 Å². The third-order valence-electron chi connectivity index (χ3n) is 2.89. The molecule has 3 N–H and O–H groups in total. The van der Waals surface area contributed by atoms with E-state index in [-0.39, 0.29) is 29.8 Å². The minimum atomic E-state index is -3.69. The lowest BCUT2D eigenvalue weighted by Crippen LogP contribution is -2.38. The first-order valence-corrected chi connectivity index (χ1v) is 7.84. The Hall–Kier alpha value is -1.31. The molecule has 0 saturated heterocycles. The SMILES string of the molecule is COc1cc(N)ccc1S(=O)(=O)N(CCCO)C(C)C. The van der Waals surface area contributed by atoms with Gasteiger partial charge in [0.15, 0.2) is 0 Å². The molecular weight excluding hydrogens is 280 g/mol. The number of hydrogen-bond acceptors (Lipinski definition) is 5. The number of rotatable bonds is 7. The maximum absolute atomic E-state index is 12.7. The van der Waals surface area contributed by atoms with Crippen molar-refractivity contribution in [2.24, 2.45) is 0 Å². The molecule has 6 nitrogen and oxygen atoms in total. The van der Waals surface area contributed by atoms with E-state index in [1.54, 1.807) is 13.8 Å². The second kappa shape index (κ2) is 6.92. The van der Waals surface area contributed by atoms with E-state index in [9.17, 15) is 8.42 Å². The van der Waals surface area contributed by atoms with E-state index in [1.807, 2.05) is 0 Å². The predicted molar refractivity (Wildman–Crippen MR) is 78.1 cm³/mol. The summed E-state index contributed by atoms with van der Waals surface area (Å²) in [6.07, 6.45) is 0.384. The van der Waals surface area contributed by atoms with Crippen LogP contribution in [0.5, 0.6) is 5.75 Å². The summed E-state index contributed by atoms with van der Waals surface area (Å²) in [6.45, 7) is 3.78. The van der Waals surface area contributed by atoms with Crippen LogP contribution in [0.3, 0.4) is 0 Å². The van der Waals surface area contributed by atoms with Gasteiger partial charge in [0.2, 0.25) is 10.0 Å². The fourth-order valence-corrected chi connectivity index (χ4v) is 3.72. The Labute approximate surface area is 120 Å². The topological polar surface area (TPSA) is 92.9 Å². The van der Waals surface area contributed by atoms with Crippen LogP contribution in [0.4, 0.5) is 5.69 Å². The minimum Gasteiger partial charge on any atom is -0.495 e. The summed E-state index contributed by atoms with van der Waals surface area (Å²) in [4.78, 5) is 0.0841. The van der Waals surface area contributed by atoms with E-state index in [1.165, 1.54) is 29.6 Å². The second-order valence-corrected chi connectivity index (χ2v) is 6.56. The van der Waals surface area contributed by atoms with Gasteiger partial charge in [-0.25, -0.2) is 8.42 Å². The highest BCUT2D eigenvalue weighted by Crippen LogP contribution is 2.29. The first-order valence-electron chi connectivity index (χ1n) is 6.40. The molecule has 114 valence electrons. The number of methoxy groups -OCH3 is 1. The van der Waals surface area contributed by atoms with Gasteiger partial charge in [-0.15, -0.1) is 0 Å². The third-order valence-corrected chi connectivity index (χ3v) is 5.00. The lowest BCUT2D eigenvalue weighted by Gasteiger charge is -2.26. The maximum Gasteiger partial charge on any atom is 0.246 e. The molecule has 1 rings (SSSR count). The molecule has 0 aliphatic carbocycles. The van der Waals surface area contributed by atoms with E-state index < -0.39 is 10.0 Å². The van der Waals surface area contributed by atoms with Crippen LogP contribution < -0.4 is 10.5 Å². The lowest BCUT2D eigenvalue weighted by molar-refractivity contribution is 0.258. The number of aliphatic hydroxyl groups is 1. The smallest absolute Gasteiger partial charge is 0.246 e. The number of nitrogens with two attached hydrogens (primary N) is 1. The molecule has 0 fully saturated rings. The van der Waals surface area contributed by atoms with Crippen LogP contribution in [-0.4, -0.2) is 44.1 Å². The van der Waals surface area contributed by atoms with Gasteiger partial charge in [-0.1, -0.05) is 0 Å².